The van der Waals surface area contributed by atoms with Crippen LogP contribution in [-0.2, 0) is 6.54 Å². The number of aliphatic imine (C=N–C) groups is 1. The number of rotatable bonds is 4. The van der Waals surface area contributed by atoms with Gasteiger partial charge in [0.05, 0.1) is 5.69 Å². The van der Waals surface area contributed by atoms with Crippen LogP contribution < -0.4 is 15.4 Å². The van der Waals surface area contributed by atoms with Crippen molar-refractivity contribution in [2.45, 2.75) is 6.54 Å². The average molecular weight is 310 g/mol. The fourth-order valence-electron chi connectivity index (χ4n) is 1.71. The molecule has 116 valence electrons. The van der Waals surface area contributed by atoms with Crippen molar-refractivity contribution in [1.29, 1.82) is 5.26 Å². The molecule has 7 nitrogen and oxygen atoms in total. The number of carboxylic acid groups (broad SMARTS) is 1. The number of nitrogens with one attached hydrogen (secondary N) is 2. The second kappa shape index (κ2) is 8.05. The highest BCUT2D eigenvalue weighted by Crippen LogP contribution is 2.15. The first-order chi connectivity index (χ1) is 11.2. The molecule has 0 heterocycles. The Morgan fingerprint density at radius 1 is 1.17 bits per heavy atom. The van der Waals surface area contributed by atoms with Gasteiger partial charge < -0.3 is 15.2 Å². The number of nitriles is 1. The highest BCUT2D eigenvalue weighted by atomic mass is 16.5. The van der Waals surface area contributed by atoms with Crippen LogP contribution in [0.25, 0.3) is 0 Å². The molecule has 23 heavy (non-hydrogen) atoms. The third-order valence-electron chi connectivity index (χ3n) is 2.73. The van der Waals surface area contributed by atoms with Gasteiger partial charge in [0.2, 0.25) is 0 Å². The lowest BCUT2D eigenvalue weighted by atomic mass is 10.2. The largest absolute Gasteiger partial charge is 0.465 e. The van der Waals surface area contributed by atoms with Gasteiger partial charge in [0.15, 0.2) is 6.19 Å². The molecule has 0 aliphatic rings. The van der Waals surface area contributed by atoms with Crippen molar-refractivity contribution in [3.63, 3.8) is 0 Å². The van der Waals surface area contributed by atoms with Crippen LogP contribution in [-0.4, -0.2) is 17.2 Å². The third-order valence-corrected chi connectivity index (χ3v) is 2.73. The van der Waals surface area contributed by atoms with Crippen molar-refractivity contribution < 1.29 is 14.6 Å². The molecule has 0 aliphatic heterocycles. The summed E-state index contributed by atoms with van der Waals surface area (Å²) in [6.07, 6.45) is 0.692. The van der Waals surface area contributed by atoms with Gasteiger partial charge in [-0.25, -0.2) is 10.1 Å². The van der Waals surface area contributed by atoms with Gasteiger partial charge in [-0.1, -0.05) is 30.3 Å². The number of hydrogen-bond acceptors (Lipinski definition) is 4. The summed E-state index contributed by atoms with van der Waals surface area (Å²) >= 11 is 0. The summed E-state index contributed by atoms with van der Waals surface area (Å²) in [5.41, 5.74) is 1.36. The summed E-state index contributed by atoms with van der Waals surface area (Å²) in [6.45, 7) is 0.211. The zero-order valence-corrected chi connectivity index (χ0v) is 12.1. The van der Waals surface area contributed by atoms with E-state index in [1.807, 2.05) is 18.2 Å². The van der Waals surface area contributed by atoms with Gasteiger partial charge in [0.1, 0.15) is 5.75 Å². The Balaban J connectivity index is 2.09. The lowest BCUT2D eigenvalue weighted by Crippen LogP contribution is -2.24. The van der Waals surface area contributed by atoms with E-state index in [1.165, 1.54) is 0 Å². The zero-order chi connectivity index (χ0) is 16.5. The minimum atomic E-state index is -1.08. The van der Waals surface area contributed by atoms with Crippen molar-refractivity contribution in [2.75, 3.05) is 0 Å². The number of para-hydroxylation sites is 1. The van der Waals surface area contributed by atoms with Crippen LogP contribution in [0, 0.1) is 11.5 Å². The predicted molar refractivity (Wildman–Crippen MR) is 84.2 cm³/mol. The molecule has 2 aromatic carbocycles. The fraction of sp³-hybridized carbons (Fsp3) is 0.0625. The van der Waals surface area contributed by atoms with Crippen molar-refractivity contribution in [1.82, 2.24) is 10.6 Å². The molecule has 0 saturated carbocycles. The van der Waals surface area contributed by atoms with Gasteiger partial charge in [0.25, 0.3) is 0 Å². The summed E-state index contributed by atoms with van der Waals surface area (Å²) in [6, 6.07) is 15.9. The SMILES string of the molecule is N#CNC(=Nc1ccc(CNC(=O)O)cc1)Oc1ccccc1. The highest BCUT2D eigenvalue weighted by Gasteiger charge is 2.03. The molecule has 7 heteroatoms. The Hall–Kier alpha value is -3.53. The number of nitrogens with zero attached hydrogens (tertiary/aromatic N) is 2. The average Bonchev–Trinajstić information content (AvgIpc) is 2.55. The van der Waals surface area contributed by atoms with Gasteiger partial charge >= 0.3 is 12.1 Å². The van der Waals surface area contributed by atoms with E-state index in [1.54, 1.807) is 42.6 Å². The molecule has 0 unspecified atom stereocenters. The Labute approximate surface area is 132 Å². The van der Waals surface area contributed by atoms with Crippen LogP contribution in [0.3, 0.4) is 0 Å². The molecule has 0 bridgehead atoms. The zero-order valence-electron chi connectivity index (χ0n) is 12.1. The number of ether oxygens (including phenoxy) is 1. The molecule has 3 N–H and O–H groups in total. The third kappa shape index (κ3) is 5.40. The molecule has 0 aliphatic carbocycles. The monoisotopic (exact) mass is 310 g/mol. The van der Waals surface area contributed by atoms with E-state index in [4.69, 9.17) is 15.1 Å². The molecular formula is C16H14N4O3. The summed E-state index contributed by atoms with van der Waals surface area (Å²) in [5.74, 6) is 0.552. The van der Waals surface area contributed by atoms with Crippen LogP contribution in [0.2, 0.25) is 0 Å². The first-order valence-electron chi connectivity index (χ1n) is 6.70. The minimum absolute atomic E-state index is 0.0510. The highest BCUT2D eigenvalue weighted by molar-refractivity contribution is 5.80. The summed E-state index contributed by atoms with van der Waals surface area (Å²) < 4.78 is 5.49. The molecule has 0 spiro atoms. The standard InChI is InChI=1S/C16H14N4O3/c17-11-19-15(23-14-4-2-1-3-5-14)20-13-8-6-12(7-9-13)10-18-16(21)22/h1-9,18H,10H2,(H,19,20)(H,21,22). The van der Waals surface area contributed by atoms with Crippen molar-refractivity contribution in [3.8, 4) is 11.9 Å². The van der Waals surface area contributed by atoms with E-state index in [-0.39, 0.29) is 12.6 Å². The van der Waals surface area contributed by atoms with Gasteiger partial charge in [-0.15, -0.1) is 0 Å². The van der Waals surface area contributed by atoms with Crippen LogP contribution in [0.5, 0.6) is 5.75 Å². The van der Waals surface area contributed by atoms with Crippen molar-refractivity contribution in [3.05, 3.63) is 60.2 Å². The molecule has 0 atom stereocenters. The number of amidine groups is 1. The second-order valence-corrected chi connectivity index (χ2v) is 4.39. The molecule has 0 saturated heterocycles. The molecular weight excluding hydrogens is 296 g/mol. The lowest BCUT2D eigenvalue weighted by Gasteiger charge is -2.07. The topological polar surface area (TPSA) is 107 Å². The lowest BCUT2D eigenvalue weighted by molar-refractivity contribution is 0.194. The van der Waals surface area contributed by atoms with E-state index >= 15 is 0 Å². The maximum absolute atomic E-state index is 10.4. The molecule has 2 rings (SSSR count). The Morgan fingerprint density at radius 3 is 2.48 bits per heavy atom. The summed E-state index contributed by atoms with van der Waals surface area (Å²) in [5, 5.41) is 22.0. The first-order valence-corrected chi connectivity index (χ1v) is 6.70. The van der Waals surface area contributed by atoms with Crippen LogP contribution in [0.4, 0.5) is 10.5 Å². The number of carbonyl (C=O) groups is 1. The maximum atomic E-state index is 10.4. The second-order valence-electron chi connectivity index (χ2n) is 4.39. The van der Waals surface area contributed by atoms with Crippen molar-refractivity contribution >= 4 is 17.8 Å². The van der Waals surface area contributed by atoms with Gasteiger partial charge in [0, 0.05) is 6.54 Å². The van der Waals surface area contributed by atoms with Crippen LogP contribution in [0.1, 0.15) is 5.56 Å². The normalized spacial score (nSPS) is 10.5. The van der Waals surface area contributed by atoms with Crippen LogP contribution in [0.15, 0.2) is 59.6 Å². The Morgan fingerprint density at radius 2 is 1.87 bits per heavy atom. The minimum Gasteiger partial charge on any atom is -0.465 e. The summed E-state index contributed by atoms with van der Waals surface area (Å²) in [7, 11) is 0. The quantitative estimate of drug-likeness (QED) is 0.348. The van der Waals surface area contributed by atoms with E-state index in [2.05, 4.69) is 15.6 Å². The van der Waals surface area contributed by atoms with Crippen LogP contribution >= 0.6 is 0 Å². The van der Waals surface area contributed by atoms with E-state index in [0.29, 0.717) is 11.4 Å². The van der Waals surface area contributed by atoms with Gasteiger partial charge in [-0.3, -0.25) is 0 Å². The smallest absolute Gasteiger partial charge is 0.404 e. The fourth-order valence-corrected chi connectivity index (χ4v) is 1.71. The van der Waals surface area contributed by atoms with Crippen molar-refractivity contribution in [2.24, 2.45) is 4.99 Å². The maximum Gasteiger partial charge on any atom is 0.404 e. The Bertz CT molecular complexity index is 721. The van der Waals surface area contributed by atoms with Gasteiger partial charge in [-0.05, 0) is 29.8 Å². The molecule has 0 fully saturated rings. The first kappa shape index (κ1) is 15.9. The molecule has 2 aromatic rings. The number of benzene rings is 2. The molecule has 1 amide bonds. The Kier molecular flexibility index (Phi) is 5.54. The predicted octanol–water partition coefficient (Wildman–Crippen LogP) is 2.59. The number of amides is 1. The molecule has 0 radical (unpaired) electrons. The molecule has 0 aromatic heterocycles. The van der Waals surface area contributed by atoms with E-state index in [9.17, 15) is 4.79 Å². The van der Waals surface area contributed by atoms with E-state index in [0.717, 1.165) is 5.56 Å². The van der Waals surface area contributed by atoms with Gasteiger partial charge in [-0.2, -0.15) is 10.3 Å². The van der Waals surface area contributed by atoms with E-state index < -0.39 is 6.09 Å². The number of hydrogen-bond donors (Lipinski definition) is 3. The summed E-state index contributed by atoms with van der Waals surface area (Å²) in [4.78, 5) is 14.6.